The number of carbonyl (C=O) groups excluding carboxylic acids is 2. The number of nitrogens with one attached hydrogen (secondary N) is 3. The summed E-state index contributed by atoms with van der Waals surface area (Å²) in [5.74, 6) is -0.187. The lowest BCUT2D eigenvalue weighted by Gasteiger charge is -2.22. The van der Waals surface area contributed by atoms with Crippen LogP contribution in [0.2, 0.25) is 0 Å². The van der Waals surface area contributed by atoms with E-state index < -0.39 is 12.1 Å². The molecule has 0 fully saturated rings. The number of rotatable bonds is 8. The van der Waals surface area contributed by atoms with Crippen molar-refractivity contribution in [2.24, 2.45) is 11.7 Å². The average molecular weight is 321 g/mol. The smallest absolute Gasteiger partial charge is 0.312 e. The second kappa shape index (κ2) is 9.15. The van der Waals surface area contributed by atoms with Gasteiger partial charge in [0.15, 0.2) is 0 Å². The third-order valence-electron chi connectivity index (χ3n) is 3.84. The van der Waals surface area contributed by atoms with E-state index in [2.05, 4.69) is 36.9 Å². The molecule has 0 radical (unpaired) electrons. The highest BCUT2D eigenvalue weighted by molar-refractivity contribution is 5.86. The van der Waals surface area contributed by atoms with E-state index in [0.29, 0.717) is 6.54 Å². The van der Waals surface area contributed by atoms with E-state index in [-0.39, 0.29) is 11.8 Å². The summed E-state index contributed by atoms with van der Waals surface area (Å²) in [5, 5.41) is 5.39. The lowest BCUT2D eigenvalue weighted by atomic mass is 9.98. The molecule has 2 atom stereocenters. The first-order valence-electron chi connectivity index (χ1n) is 8.04. The highest BCUT2D eigenvalue weighted by atomic mass is 16.2. The number of nitrogens with two attached hydrogens (primary N) is 1. The van der Waals surface area contributed by atoms with E-state index in [1.807, 2.05) is 26.0 Å². The van der Waals surface area contributed by atoms with Crippen LogP contribution in [0.15, 0.2) is 24.3 Å². The minimum atomic E-state index is -0.680. The van der Waals surface area contributed by atoms with Crippen LogP contribution < -0.4 is 21.3 Å². The summed E-state index contributed by atoms with van der Waals surface area (Å²) in [6.45, 7) is 5.28. The number of primary amides is 1. The van der Waals surface area contributed by atoms with Crippen LogP contribution in [-0.4, -0.2) is 32.1 Å². The molecule has 1 rings (SSSR count). The lowest BCUT2D eigenvalue weighted by Crippen LogP contribution is -3.04. The second-order valence-corrected chi connectivity index (χ2v) is 6.29. The van der Waals surface area contributed by atoms with Gasteiger partial charge in [-0.25, -0.2) is 4.79 Å². The summed E-state index contributed by atoms with van der Waals surface area (Å²) in [4.78, 5) is 24.7. The number of hydrogen-bond acceptors (Lipinski definition) is 2. The molecule has 0 bridgehead atoms. The Hall–Kier alpha value is -2.08. The molecule has 0 saturated carbocycles. The van der Waals surface area contributed by atoms with Crippen LogP contribution in [-0.2, 0) is 17.9 Å². The van der Waals surface area contributed by atoms with Gasteiger partial charge in [0.2, 0.25) is 5.91 Å². The fourth-order valence-corrected chi connectivity index (χ4v) is 2.34. The molecule has 0 aliphatic heterocycles. The highest BCUT2D eigenvalue weighted by Gasteiger charge is 2.24. The Balaban J connectivity index is 2.60. The van der Waals surface area contributed by atoms with E-state index >= 15 is 0 Å². The standard InChI is InChI=1S/C17H28N4O2/c1-5-12(2)15(20-17(18)23)16(22)19-10-13-6-8-14(9-7-13)11-21(3)4/h6-9,12,15H,5,10-11H2,1-4H3,(H,19,22)(H3,18,20,23)/p+1/t12-,15-/m0/s1. The highest BCUT2D eigenvalue weighted by Crippen LogP contribution is 2.09. The summed E-state index contributed by atoms with van der Waals surface area (Å²) in [6.07, 6.45) is 0.778. The van der Waals surface area contributed by atoms with Gasteiger partial charge < -0.3 is 21.3 Å². The third-order valence-corrected chi connectivity index (χ3v) is 3.84. The number of quaternary nitrogens is 1. The van der Waals surface area contributed by atoms with Crippen molar-refractivity contribution < 1.29 is 14.5 Å². The maximum Gasteiger partial charge on any atom is 0.312 e. The molecule has 6 heteroatoms. The Morgan fingerprint density at radius 3 is 2.22 bits per heavy atom. The van der Waals surface area contributed by atoms with Gasteiger partial charge in [-0.15, -0.1) is 0 Å². The predicted octanol–water partition coefficient (Wildman–Crippen LogP) is 0.0303. The molecule has 0 aromatic heterocycles. The SMILES string of the molecule is CC[C@H](C)[C@H](NC(N)=O)C(=O)NCc1ccc(C[NH+](C)C)cc1. The van der Waals surface area contributed by atoms with Gasteiger partial charge in [-0.1, -0.05) is 44.5 Å². The number of amides is 3. The minimum absolute atomic E-state index is 0.0212. The maximum absolute atomic E-state index is 12.3. The average Bonchev–Trinajstić information content (AvgIpc) is 2.50. The molecule has 5 N–H and O–H groups in total. The normalized spacial score (nSPS) is 13.4. The molecule has 3 amide bonds. The summed E-state index contributed by atoms with van der Waals surface area (Å²) >= 11 is 0. The zero-order chi connectivity index (χ0) is 17.4. The largest absolute Gasteiger partial charge is 0.352 e. The summed E-state index contributed by atoms with van der Waals surface area (Å²) < 4.78 is 0. The number of hydrogen-bond donors (Lipinski definition) is 4. The number of benzene rings is 1. The lowest BCUT2D eigenvalue weighted by molar-refractivity contribution is -0.872. The summed E-state index contributed by atoms with van der Waals surface area (Å²) in [6, 6.07) is 6.89. The Kier molecular flexibility index (Phi) is 7.54. The van der Waals surface area contributed by atoms with Crippen molar-refractivity contribution in [2.45, 2.75) is 39.4 Å². The van der Waals surface area contributed by atoms with Crippen LogP contribution >= 0.6 is 0 Å². The molecule has 128 valence electrons. The predicted molar refractivity (Wildman–Crippen MR) is 90.8 cm³/mol. The first-order valence-corrected chi connectivity index (χ1v) is 8.04. The Bertz CT molecular complexity index is 514. The van der Waals surface area contributed by atoms with Gasteiger partial charge in [0.1, 0.15) is 12.6 Å². The van der Waals surface area contributed by atoms with Crippen LogP contribution in [0.3, 0.4) is 0 Å². The zero-order valence-electron chi connectivity index (χ0n) is 14.5. The van der Waals surface area contributed by atoms with E-state index in [0.717, 1.165) is 18.5 Å². The van der Waals surface area contributed by atoms with Gasteiger partial charge in [0, 0.05) is 12.1 Å². The fraction of sp³-hybridized carbons (Fsp3) is 0.529. The van der Waals surface area contributed by atoms with Crippen molar-refractivity contribution in [1.29, 1.82) is 0 Å². The molecule has 0 unspecified atom stereocenters. The van der Waals surface area contributed by atoms with Crippen LogP contribution in [0, 0.1) is 5.92 Å². The van der Waals surface area contributed by atoms with Gasteiger partial charge in [0.05, 0.1) is 14.1 Å². The van der Waals surface area contributed by atoms with Crippen LogP contribution in [0.1, 0.15) is 31.4 Å². The van der Waals surface area contributed by atoms with Gasteiger partial charge in [-0.3, -0.25) is 4.79 Å². The van der Waals surface area contributed by atoms with Crippen molar-refractivity contribution in [1.82, 2.24) is 10.6 Å². The molecule has 1 aromatic rings. The minimum Gasteiger partial charge on any atom is -0.352 e. The van der Waals surface area contributed by atoms with E-state index in [1.54, 1.807) is 0 Å². The topological polar surface area (TPSA) is 88.7 Å². The summed E-state index contributed by atoms with van der Waals surface area (Å²) in [5.41, 5.74) is 7.44. The Labute approximate surface area is 138 Å². The quantitative estimate of drug-likeness (QED) is 0.544. The maximum atomic E-state index is 12.3. The fourth-order valence-electron chi connectivity index (χ4n) is 2.34. The van der Waals surface area contributed by atoms with Gasteiger partial charge >= 0.3 is 6.03 Å². The molecule has 23 heavy (non-hydrogen) atoms. The molecule has 1 aromatic carbocycles. The number of urea groups is 1. The molecular formula is C17H29N4O2+. The van der Waals surface area contributed by atoms with Crippen molar-refractivity contribution in [3.8, 4) is 0 Å². The van der Waals surface area contributed by atoms with Crippen molar-refractivity contribution in [3.63, 3.8) is 0 Å². The zero-order valence-corrected chi connectivity index (χ0v) is 14.5. The van der Waals surface area contributed by atoms with Gasteiger partial charge in [-0.05, 0) is 11.5 Å². The summed E-state index contributed by atoms with van der Waals surface area (Å²) in [7, 11) is 4.21. The van der Waals surface area contributed by atoms with Crippen LogP contribution in [0.25, 0.3) is 0 Å². The van der Waals surface area contributed by atoms with Gasteiger partial charge in [0.25, 0.3) is 0 Å². The van der Waals surface area contributed by atoms with Crippen LogP contribution in [0.5, 0.6) is 0 Å². The number of carbonyl (C=O) groups is 2. The van der Waals surface area contributed by atoms with E-state index in [9.17, 15) is 9.59 Å². The first-order chi connectivity index (χ1) is 10.8. The second-order valence-electron chi connectivity index (χ2n) is 6.29. The third kappa shape index (κ3) is 6.69. The molecule has 0 heterocycles. The molecule has 0 aliphatic rings. The molecule has 0 aliphatic carbocycles. The van der Waals surface area contributed by atoms with Gasteiger partial charge in [-0.2, -0.15) is 0 Å². The monoisotopic (exact) mass is 321 g/mol. The first kappa shape index (κ1) is 19.0. The van der Waals surface area contributed by atoms with Crippen molar-refractivity contribution >= 4 is 11.9 Å². The molecule has 0 spiro atoms. The molecular weight excluding hydrogens is 292 g/mol. The molecule has 6 nitrogen and oxygen atoms in total. The Morgan fingerprint density at radius 2 is 1.74 bits per heavy atom. The van der Waals surface area contributed by atoms with Crippen molar-refractivity contribution in [3.05, 3.63) is 35.4 Å². The van der Waals surface area contributed by atoms with E-state index in [1.165, 1.54) is 10.5 Å². The van der Waals surface area contributed by atoms with E-state index in [4.69, 9.17) is 5.73 Å². The molecule has 0 saturated heterocycles. The van der Waals surface area contributed by atoms with Crippen molar-refractivity contribution in [2.75, 3.05) is 14.1 Å². The van der Waals surface area contributed by atoms with Crippen LogP contribution in [0.4, 0.5) is 4.79 Å². The Morgan fingerprint density at radius 1 is 1.17 bits per heavy atom.